The number of nitrogens with zero attached hydrogens (tertiary/aromatic N) is 2. The number of carbonyl (C=O) groups excluding carboxylic acids is 2. The summed E-state index contributed by atoms with van der Waals surface area (Å²) in [7, 11) is 1.58. The Morgan fingerprint density at radius 2 is 1.93 bits per heavy atom. The monoisotopic (exact) mass is 205 g/mol. The Balaban J connectivity index is 2.59. The number of nitrogens with two attached hydrogens (primary N) is 1. The standard InChI is InChI=1S/C10H11N3O2/c1-12-6-9(14)13(11)8-5-3-2-4-7(8)10(12)15/h2-5H,6,11H2,1H3. The summed E-state index contributed by atoms with van der Waals surface area (Å²) in [4.78, 5) is 24.7. The molecule has 2 N–H and O–H groups in total. The van der Waals surface area contributed by atoms with E-state index >= 15 is 0 Å². The molecule has 1 heterocycles. The molecule has 5 nitrogen and oxygen atoms in total. The molecule has 0 unspecified atom stereocenters. The molecule has 0 aliphatic carbocycles. The molecular formula is C10H11N3O2. The normalized spacial score (nSPS) is 16.4. The minimum atomic E-state index is -0.296. The van der Waals surface area contributed by atoms with E-state index in [2.05, 4.69) is 0 Å². The van der Waals surface area contributed by atoms with Gasteiger partial charge < -0.3 is 4.90 Å². The summed E-state index contributed by atoms with van der Waals surface area (Å²) in [6.45, 7) is 0.00398. The Kier molecular flexibility index (Phi) is 2.17. The smallest absolute Gasteiger partial charge is 0.260 e. The van der Waals surface area contributed by atoms with Gasteiger partial charge in [-0.25, -0.2) is 10.9 Å². The minimum absolute atomic E-state index is 0.00398. The molecule has 0 radical (unpaired) electrons. The van der Waals surface area contributed by atoms with Crippen LogP contribution >= 0.6 is 0 Å². The van der Waals surface area contributed by atoms with Crippen molar-refractivity contribution in [3.63, 3.8) is 0 Å². The number of likely N-dealkylation sites (N-methyl/N-ethyl adjacent to an activating group) is 1. The summed E-state index contributed by atoms with van der Waals surface area (Å²) in [5.41, 5.74) is 0.908. The lowest BCUT2D eigenvalue weighted by molar-refractivity contribution is -0.119. The highest BCUT2D eigenvalue weighted by atomic mass is 16.2. The van der Waals surface area contributed by atoms with Crippen molar-refractivity contribution >= 4 is 17.5 Å². The summed E-state index contributed by atoms with van der Waals surface area (Å²) in [6, 6.07) is 6.80. The largest absolute Gasteiger partial charge is 0.332 e. The highest BCUT2D eigenvalue weighted by molar-refractivity contribution is 6.08. The van der Waals surface area contributed by atoms with E-state index in [1.807, 2.05) is 0 Å². The molecule has 0 saturated carbocycles. The number of fused-ring (bicyclic) bond motifs is 1. The van der Waals surface area contributed by atoms with Crippen LogP contribution in [0.25, 0.3) is 0 Å². The lowest BCUT2D eigenvalue weighted by Gasteiger charge is -2.14. The number of carbonyl (C=O) groups is 2. The number of para-hydroxylation sites is 1. The quantitative estimate of drug-likeness (QED) is 0.478. The van der Waals surface area contributed by atoms with E-state index in [1.165, 1.54) is 4.90 Å². The van der Waals surface area contributed by atoms with Gasteiger partial charge in [-0.05, 0) is 12.1 Å². The average Bonchev–Trinajstić information content (AvgIpc) is 2.33. The third-order valence-corrected chi connectivity index (χ3v) is 2.38. The zero-order valence-corrected chi connectivity index (χ0v) is 8.30. The molecule has 15 heavy (non-hydrogen) atoms. The van der Waals surface area contributed by atoms with Crippen LogP contribution in [0.1, 0.15) is 10.4 Å². The van der Waals surface area contributed by atoms with Crippen LogP contribution < -0.4 is 10.9 Å². The summed E-state index contributed by atoms with van der Waals surface area (Å²) in [5.74, 6) is 5.14. The molecule has 1 aromatic carbocycles. The number of rotatable bonds is 0. The van der Waals surface area contributed by atoms with Gasteiger partial charge in [0.15, 0.2) is 0 Å². The summed E-state index contributed by atoms with van der Waals surface area (Å²) in [5, 5.41) is 1.02. The predicted octanol–water partition coefficient (Wildman–Crippen LogP) is -0.0211. The zero-order chi connectivity index (χ0) is 11.0. The summed E-state index contributed by atoms with van der Waals surface area (Å²) < 4.78 is 0. The van der Waals surface area contributed by atoms with Crippen LogP contribution in [0.5, 0.6) is 0 Å². The third-order valence-electron chi connectivity index (χ3n) is 2.38. The molecule has 0 fully saturated rings. The van der Waals surface area contributed by atoms with Crippen molar-refractivity contribution < 1.29 is 9.59 Å². The minimum Gasteiger partial charge on any atom is -0.332 e. The second-order valence-electron chi connectivity index (χ2n) is 3.44. The second-order valence-corrected chi connectivity index (χ2v) is 3.44. The van der Waals surface area contributed by atoms with Gasteiger partial charge in [-0.1, -0.05) is 12.1 Å². The Bertz CT molecular complexity index is 430. The van der Waals surface area contributed by atoms with Crippen LogP contribution in [0.15, 0.2) is 24.3 Å². The first-order chi connectivity index (χ1) is 7.11. The second kappa shape index (κ2) is 3.36. The van der Waals surface area contributed by atoms with Crippen molar-refractivity contribution in [3.05, 3.63) is 29.8 Å². The number of hydrazine groups is 1. The third kappa shape index (κ3) is 1.46. The predicted molar refractivity (Wildman–Crippen MR) is 55.1 cm³/mol. The summed E-state index contributed by atoms with van der Waals surface area (Å²) >= 11 is 0. The Morgan fingerprint density at radius 3 is 2.67 bits per heavy atom. The zero-order valence-electron chi connectivity index (χ0n) is 8.30. The molecule has 0 spiro atoms. The van der Waals surface area contributed by atoms with Crippen molar-refractivity contribution in [1.29, 1.82) is 0 Å². The van der Waals surface area contributed by atoms with E-state index in [1.54, 1.807) is 31.3 Å². The van der Waals surface area contributed by atoms with Crippen molar-refractivity contribution in [3.8, 4) is 0 Å². The van der Waals surface area contributed by atoms with Crippen LogP contribution in [-0.4, -0.2) is 30.3 Å². The first-order valence-electron chi connectivity index (χ1n) is 4.53. The topological polar surface area (TPSA) is 66.6 Å². The van der Waals surface area contributed by atoms with Crippen LogP contribution in [0, 0.1) is 0 Å². The molecule has 1 aromatic rings. The van der Waals surface area contributed by atoms with E-state index in [-0.39, 0.29) is 18.4 Å². The molecule has 0 bridgehead atoms. The van der Waals surface area contributed by atoms with Crippen LogP contribution in [0.4, 0.5) is 5.69 Å². The average molecular weight is 205 g/mol. The highest BCUT2D eigenvalue weighted by Gasteiger charge is 2.27. The van der Waals surface area contributed by atoms with Crippen LogP contribution in [0.3, 0.4) is 0 Å². The first-order valence-corrected chi connectivity index (χ1v) is 4.53. The molecule has 0 aromatic heterocycles. The maximum atomic E-state index is 11.8. The maximum Gasteiger partial charge on any atom is 0.260 e. The van der Waals surface area contributed by atoms with E-state index in [0.717, 1.165) is 5.01 Å². The molecule has 5 heteroatoms. The molecule has 0 saturated heterocycles. The number of benzene rings is 1. The number of anilines is 1. The Hall–Kier alpha value is -1.88. The van der Waals surface area contributed by atoms with Gasteiger partial charge in [0.05, 0.1) is 11.3 Å². The fourth-order valence-electron chi connectivity index (χ4n) is 1.56. The van der Waals surface area contributed by atoms with Gasteiger partial charge in [-0.15, -0.1) is 0 Å². The van der Waals surface area contributed by atoms with Gasteiger partial charge in [0.2, 0.25) is 0 Å². The molecule has 2 amide bonds. The van der Waals surface area contributed by atoms with Gasteiger partial charge >= 0.3 is 0 Å². The lowest BCUT2D eigenvalue weighted by Crippen LogP contribution is -2.41. The van der Waals surface area contributed by atoms with Crippen molar-refractivity contribution in [2.24, 2.45) is 5.84 Å². The lowest BCUT2D eigenvalue weighted by atomic mass is 10.1. The molecular weight excluding hydrogens is 194 g/mol. The van der Waals surface area contributed by atoms with Crippen molar-refractivity contribution in [1.82, 2.24) is 4.90 Å². The van der Waals surface area contributed by atoms with Gasteiger partial charge in [-0.2, -0.15) is 0 Å². The molecule has 1 aliphatic rings. The van der Waals surface area contributed by atoms with E-state index < -0.39 is 0 Å². The SMILES string of the molecule is CN1CC(=O)N(N)c2ccccc2C1=O. The molecule has 1 aliphatic heterocycles. The molecule has 78 valence electrons. The van der Waals surface area contributed by atoms with Crippen molar-refractivity contribution in [2.75, 3.05) is 18.6 Å². The van der Waals surface area contributed by atoms with E-state index in [9.17, 15) is 9.59 Å². The van der Waals surface area contributed by atoms with Gasteiger partial charge in [0.25, 0.3) is 11.8 Å². The number of hydrogen-bond donors (Lipinski definition) is 1. The maximum absolute atomic E-state index is 11.8. The fraction of sp³-hybridized carbons (Fsp3) is 0.200. The fourth-order valence-corrected chi connectivity index (χ4v) is 1.56. The number of amides is 2. The number of hydrogen-bond acceptors (Lipinski definition) is 3. The summed E-state index contributed by atoms with van der Waals surface area (Å²) in [6.07, 6.45) is 0. The van der Waals surface area contributed by atoms with Gasteiger partial charge in [0, 0.05) is 7.05 Å². The van der Waals surface area contributed by atoms with E-state index in [4.69, 9.17) is 5.84 Å². The van der Waals surface area contributed by atoms with Crippen molar-refractivity contribution in [2.45, 2.75) is 0 Å². The Morgan fingerprint density at radius 1 is 1.27 bits per heavy atom. The Labute approximate surface area is 87.0 Å². The van der Waals surface area contributed by atoms with Gasteiger partial charge in [0.1, 0.15) is 6.54 Å². The van der Waals surface area contributed by atoms with E-state index in [0.29, 0.717) is 11.3 Å². The molecule has 0 atom stereocenters. The van der Waals surface area contributed by atoms with Crippen LogP contribution in [-0.2, 0) is 4.79 Å². The molecule has 2 rings (SSSR count). The van der Waals surface area contributed by atoms with Gasteiger partial charge in [-0.3, -0.25) is 9.59 Å². The van der Waals surface area contributed by atoms with Crippen LogP contribution in [0.2, 0.25) is 0 Å². The highest BCUT2D eigenvalue weighted by Crippen LogP contribution is 2.22. The first kappa shape index (κ1) is 9.67.